The number of hydrogen-bond donors (Lipinski definition) is 1. The Kier molecular flexibility index (Phi) is 6.77. The molecule has 2 aliphatic rings. The van der Waals surface area contributed by atoms with E-state index in [2.05, 4.69) is 13.2 Å². The van der Waals surface area contributed by atoms with E-state index in [4.69, 9.17) is 14.2 Å². The lowest BCUT2D eigenvalue weighted by Gasteiger charge is -2.26. The minimum Gasteiger partial charge on any atom is -0.481 e. The predicted octanol–water partition coefficient (Wildman–Crippen LogP) is 1.66. The van der Waals surface area contributed by atoms with Crippen molar-refractivity contribution in [3.63, 3.8) is 0 Å². The number of hydrogen-bond acceptors (Lipinski definition) is 7. The second-order valence-corrected chi connectivity index (χ2v) is 7.15. The molecule has 1 saturated carbocycles. The topological polar surface area (TPSA) is 116 Å². The van der Waals surface area contributed by atoms with E-state index in [9.17, 15) is 24.3 Å². The van der Waals surface area contributed by atoms with E-state index in [-0.39, 0.29) is 36.2 Å². The Labute approximate surface area is 162 Å². The second kappa shape index (κ2) is 8.86. The van der Waals surface area contributed by atoms with Gasteiger partial charge in [0.1, 0.15) is 13.2 Å². The van der Waals surface area contributed by atoms with E-state index < -0.39 is 41.8 Å². The predicted molar refractivity (Wildman–Crippen MR) is 96.8 cm³/mol. The number of esters is 3. The smallest absolute Gasteiger partial charge is 0.333 e. The summed E-state index contributed by atoms with van der Waals surface area (Å²) in [6.07, 6.45) is 3.15. The molecule has 0 aromatic heterocycles. The molecule has 28 heavy (non-hydrogen) atoms. The Morgan fingerprint density at radius 1 is 0.964 bits per heavy atom. The summed E-state index contributed by atoms with van der Waals surface area (Å²) in [5.41, 5.74) is 0.321. The summed E-state index contributed by atoms with van der Waals surface area (Å²) >= 11 is 0. The molecule has 2 rings (SSSR count). The minimum absolute atomic E-state index is 0.160. The van der Waals surface area contributed by atoms with Gasteiger partial charge < -0.3 is 19.3 Å². The third kappa shape index (κ3) is 4.88. The van der Waals surface area contributed by atoms with Gasteiger partial charge >= 0.3 is 23.9 Å². The van der Waals surface area contributed by atoms with E-state index in [1.807, 2.05) is 12.2 Å². The third-order valence-corrected chi connectivity index (χ3v) is 4.80. The van der Waals surface area contributed by atoms with Crippen molar-refractivity contribution < 1.29 is 38.5 Å². The monoisotopic (exact) mass is 392 g/mol. The van der Waals surface area contributed by atoms with Crippen molar-refractivity contribution in [3.8, 4) is 0 Å². The summed E-state index contributed by atoms with van der Waals surface area (Å²) < 4.78 is 15.4. The van der Waals surface area contributed by atoms with Crippen LogP contribution in [0.3, 0.4) is 0 Å². The van der Waals surface area contributed by atoms with E-state index in [1.165, 1.54) is 13.8 Å². The number of carboxylic acid groups (broad SMARTS) is 1. The van der Waals surface area contributed by atoms with Crippen molar-refractivity contribution in [2.45, 2.75) is 26.4 Å². The van der Waals surface area contributed by atoms with Crippen LogP contribution in [0.2, 0.25) is 0 Å². The van der Waals surface area contributed by atoms with Crippen LogP contribution in [0, 0.1) is 23.7 Å². The zero-order valence-electron chi connectivity index (χ0n) is 15.9. The van der Waals surface area contributed by atoms with E-state index >= 15 is 0 Å². The zero-order chi connectivity index (χ0) is 21.0. The van der Waals surface area contributed by atoms with Crippen LogP contribution in [0.4, 0.5) is 0 Å². The number of rotatable bonds is 9. The fourth-order valence-electron chi connectivity index (χ4n) is 3.42. The van der Waals surface area contributed by atoms with Crippen LogP contribution in [-0.4, -0.2) is 48.3 Å². The van der Waals surface area contributed by atoms with Gasteiger partial charge in [-0.3, -0.25) is 9.59 Å². The summed E-state index contributed by atoms with van der Waals surface area (Å²) in [5.74, 6) is -5.25. The lowest BCUT2D eigenvalue weighted by molar-refractivity contribution is -0.171. The Hall–Kier alpha value is -2.90. The zero-order valence-corrected chi connectivity index (χ0v) is 15.9. The largest absolute Gasteiger partial charge is 0.481 e. The number of aliphatic carboxylic acids is 1. The normalized spacial score (nSPS) is 24.7. The summed E-state index contributed by atoms with van der Waals surface area (Å²) in [5, 5.41) is 9.46. The van der Waals surface area contributed by atoms with Crippen molar-refractivity contribution in [2.24, 2.45) is 23.7 Å². The first-order valence-corrected chi connectivity index (χ1v) is 8.88. The molecule has 8 nitrogen and oxygen atoms in total. The number of fused-ring (bicyclic) bond motifs is 2. The highest BCUT2D eigenvalue weighted by molar-refractivity contribution is 5.87. The Bertz CT molecular complexity index is 704. The summed E-state index contributed by atoms with van der Waals surface area (Å²) in [6, 6.07) is 0. The van der Waals surface area contributed by atoms with Gasteiger partial charge in [-0.05, 0) is 32.1 Å². The highest BCUT2D eigenvalue weighted by Gasteiger charge is 2.52. The van der Waals surface area contributed by atoms with Gasteiger partial charge in [-0.15, -0.1) is 0 Å². The minimum atomic E-state index is -1.07. The van der Waals surface area contributed by atoms with E-state index in [1.54, 1.807) is 0 Å². The van der Waals surface area contributed by atoms with Gasteiger partial charge in [-0.2, -0.15) is 0 Å². The molecule has 1 fully saturated rings. The van der Waals surface area contributed by atoms with E-state index in [0.29, 0.717) is 6.42 Å². The number of allylic oxidation sites excluding steroid dienone is 2. The Morgan fingerprint density at radius 2 is 1.43 bits per heavy atom. The molecular weight excluding hydrogens is 368 g/mol. The molecule has 0 unspecified atom stereocenters. The highest BCUT2D eigenvalue weighted by atomic mass is 16.6. The first-order valence-electron chi connectivity index (χ1n) is 8.88. The summed E-state index contributed by atoms with van der Waals surface area (Å²) in [4.78, 5) is 47.5. The number of carboxylic acids is 1. The molecule has 0 aromatic carbocycles. The molecule has 8 heteroatoms. The van der Waals surface area contributed by atoms with Gasteiger partial charge in [0, 0.05) is 11.1 Å². The van der Waals surface area contributed by atoms with Crippen LogP contribution < -0.4 is 0 Å². The van der Waals surface area contributed by atoms with Crippen LogP contribution in [0.1, 0.15) is 20.3 Å². The molecule has 0 heterocycles. The molecule has 1 N–H and O–H groups in total. The molecule has 0 radical (unpaired) electrons. The summed E-state index contributed by atoms with van der Waals surface area (Å²) in [7, 11) is 0. The van der Waals surface area contributed by atoms with Crippen molar-refractivity contribution in [3.05, 3.63) is 36.5 Å². The molecule has 2 aliphatic carbocycles. The van der Waals surface area contributed by atoms with Gasteiger partial charge in [0.2, 0.25) is 0 Å². The van der Waals surface area contributed by atoms with Crippen LogP contribution in [0.25, 0.3) is 0 Å². The average Bonchev–Trinajstić information content (AvgIpc) is 3.24. The van der Waals surface area contributed by atoms with Crippen molar-refractivity contribution in [1.29, 1.82) is 0 Å². The first-order chi connectivity index (χ1) is 13.1. The summed E-state index contributed by atoms with van der Waals surface area (Å²) in [6.45, 7) is 9.13. The maximum Gasteiger partial charge on any atom is 0.333 e. The lowest BCUT2D eigenvalue weighted by atomic mass is 9.83. The molecule has 0 saturated heterocycles. The molecule has 152 valence electrons. The van der Waals surface area contributed by atoms with Crippen LogP contribution in [0.5, 0.6) is 0 Å². The fourth-order valence-corrected chi connectivity index (χ4v) is 3.42. The van der Waals surface area contributed by atoms with Crippen LogP contribution in [0.15, 0.2) is 36.5 Å². The molecular formula is C20H24O8. The first kappa shape index (κ1) is 21.4. The maximum atomic E-state index is 12.7. The Morgan fingerprint density at radius 3 is 1.86 bits per heavy atom. The van der Waals surface area contributed by atoms with Crippen LogP contribution >= 0.6 is 0 Å². The van der Waals surface area contributed by atoms with Gasteiger partial charge in [-0.25, -0.2) is 9.59 Å². The highest BCUT2D eigenvalue weighted by Crippen LogP contribution is 2.48. The van der Waals surface area contributed by atoms with E-state index in [0.717, 1.165) is 0 Å². The lowest BCUT2D eigenvalue weighted by Crippen LogP contribution is -2.38. The average molecular weight is 392 g/mol. The second-order valence-electron chi connectivity index (χ2n) is 7.15. The quantitative estimate of drug-likeness (QED) is 0.273. The molecule has 0 spiro atoms. The molecule has 0 aliphatic heterocycles. The van der Waals surface area contributed by atoms with Crippen molar-refractivity contribution in [2.75, 3.05) is 13.2 Å². The van der Waals surface area contributed by atoms with Crippen molar-refractivity contribution in [1.82, 2.24) is 0 Å². The van der Waals surface area contributed by atoms with Gasteiger partial charge in [0.15, 0.2) is 6.10 Å². The number of ether oxygens (including phenoxy) is 3. The third-order valence-electron chi connectivity index (χ3n) is 4.80. The van der Waals surface area contributed by atoms with Gasteiger partial charge in [0.25, 0.3) is 0 Å². The number of carbonyl (C=O) groups excluding carboxylic acids is 3. The molecule has 0 amide bonds. The fraction of sp³-hybridized carbons (Fsp3) is 0.500. The van der Waals surface area contributed by atoms with Crippen molar-refractivity contribution >= 4 is 23.9 Å². The van der Waals surface area contributed by atoms with Crippen LogP contribution in [-0.2, 0) is 33.4 Å². The maximum absolute atomic E-state index is 12.7. The SMILES string of the molecule is C=C(C)C(=O)OCC(COC(=O)C(=C)C)OC(=O)[C@H]1[C@@H](C(=O)O)[C@H]2C=C[C@@H]1C2. The van der Waals surface area contributed by atoms with Gasteiger partial charge in [0.05, 0.1) is 11.8 Å². The molecule has 4 atom stereocenters. The Balaban J connectivity index is 2.05. The standard InChI is InChI=1S/C20H24O8/c1-10(2)18(23)26-8-14(9-27-19(24)11(3)4)28-20(25)16-13-6-5-12(7-13)15(16)17(21)22/h5-6,12-16H,1,3,7-9H2,2,4H3,(H,21,22)/t12-,13+,15-,16+/m0/s1. The molecule has 2 bridgehead atoms. The van der Waals surface area contributed by atoms with Gasteiger partial charge in [-0.1, -0.05) is 25.3 Å². The number of carbonyl (C=O) groups is 4. The molecule has 0 aromatic rings.